The lowest BCUT2D eigenvalue weighted by atomic mass is 9.92. The molecule has 0 amide bonds. The van der Waals surface area contributed by atoms with Crippen molar-refractivity contribution in [2.24, 2.45) is 11.8 Å². The topological polar surface area (TPSA) is 94.1 Å². The average molecular weight is 517 g/mol. The highest BCUT2D eigenvalue weighted by molar-refractivity contribution is 5.36. The van der Waals surface area contributed by atoms with E-state index >= 15 is 0 Å². The molecule has 9 nitrogen and oxygen atoms in total. The van der Waals surface area contributed by atoms with Crippen LogP contribution in [-0.4, -0.2) is 50.2 Å². The largest absolute Gasteiger partial charge is 0.424 e. The smallest absolute Gasteiger partial charge is 0.416 e. The van der Waals surface area contributed by atoms with Crippen LogP contribution in [0.1, 0.15) is 24.2 Å². The summed E-state index contributed by atoms with van der Waals surface area (Å²) in [4.78, 5) is 10.3. The number of aromatic nitrogens is 5. The molecule has 2 aliphatic rings. The van der Waals surface area contributed by atoms with Gasteiger partial charge in [0.1, 0.15) is 12.3 Å². The zero-order valence-corrected chi connectivity index (χ0v) is 18.8. The Morgan fingerprint density at radius 1 is 1.03 bits per heavy atom. The molecule has 1 N–H and O–H groups in total. The third-order valence-electron chi connectivity index (χ3n) is 6.27. The molecule has 36 heavy (non-hydrogen) atoms. The maximum absolute atomic E-state index is 13.1. The highest BCUT2D eigenvalue weighted by atomic mass is 19.4. The molecule has 0 spiro atoms. The van der Waals surface area contributed by atoms with E-state index in [-0.39, 0.29) is 29.6 Å². The van der Waals surface area contributed by atoms with Crippen molar-refractivity contribution in [1.29, 1.82) is 0 Å². The molecule has 1 saturated carbocycles. The fourth-order valence-corrected chi connectivity index (χ4v) is 4.73. The minimum absolute atomic E-state index is 0.0508. The number of piperidine rings is 1. The molecule has 0 radical (unpaired) electrons. The van der Waals surface area contributed by atoms with Gasteiger partial charge in [-0.05, 0) is 55.9 Å². The van der Waals surface area contributed by atoms with Gasteiger partial charge < -0.3 is 19.5 Å². The average Bonchev–Trinajstić information content (AvgIpc) is 3.43. The van der Waals surface area contributed by atoms with Crippen LogP contribution in [0.5, 0.6) is 11.8 Å². The minimum Gasteiger partial charge on any atom is -0.424 e. The summed E-state index contributed by atoms with van der Waals surface area (Å²) in [6.07, 6.45) is -7.38. The van der Waals surface area contributed by atoms with Gasteiger partial charge in [-0.25, -0.2) is 4.68 Å². The zero-order valence-electron chi connectivity index (χ0n) is 18.8. The number of alkyl halides is 6. The molecule has 5 rings (SSSR count). The number of ether oxygens (including phenoxy) is 1. The van der Waals surface area contributed by atoms with Crippen molar-refractivity contribution in [3.8, 4) is 11.8 Å². The molecular weight excluding hydrogens is 496 g/mol. The first-order chi connectivity index (χ1) is 16.9. The van der Waals surface area contributed by atoms with Crippen molar-refractivity contribution in [2.75, 3.05) is 23.3 Å². The van der Waals surface area contributed by atoms with Gasteiger partial charge in [-0.1, -0.05) is 5.16 Å². The lowest BCUT2D eigenvalue weighted by Crippen LogP contribution is -2.48. The summed E-state index contributed by atoms with van der Waals surface area (Å²) in [6, 6.07) is 3.43. The Hall–Kier alpha value is -3.52. The van der Waals surface area contributed by atoms with Crippen molar-refractivity contribution < 1.29 is 35.6 Å². The number of halogens is 6. The summed E-state index contributed by atoms with van der Waals surface area (Å²) in [5, 5.41) is 10.9. The molecule has 0 unspecified atom stereocenters. The van der Waals surface area contributed by atoms with E-state index in [1.54, 1.807) is 6.92 Å². The van der Waals surface area contributed by atoms with Crippen LogP contribution < -0.4 is 15.0 Å². The first-order valence-electron chi connectivity index (χ1n) is 11.1. The van der Waals surface area contributed by atoms with Gasteiger partial charge in [0.2, 0.25) is 5.95 Å². The van der Waals surface area contributed by atoms with Gasteiger partial charge in [0.25, 0.3) is 0 Å². The van der Waals surface area contributed by atoms with Crippen LogP contribution in [0.15, 0.2) is 28.8 Å². The van der Waals surface area contributed by atoms with E-state index in [2.05, 4.69) is 25.5 Å². The summed E-state index contributed by atoms with van der Waals surface area (Å²) < 4.78 is 89.0. The molecule has 3 atom stereocenters. The second-order valence-electron chi connectivity index (χ2n) is 8.91. The molecule has 2 aromatic heterocycles. The highest BCUT2D eigenvalue weighted by Gasteiger charge is 2.44. The predicted molar refractivity (Wildman–Crippen MR) is 112 cm³/mol. The van der Waals surface area contributed by atoms with Crippen LogP contribution >= 0.6 is 0 Å². The Morgan fingerprint density at radius 2 is 1.69 bits per heavy atom. The van der Waals surface area contributed by atoms with Crippen molar-refractivity contribution in [1.82, 2.24) is 24.9 Å². The highest BCUT2D eigenvalue weighted by Crippen LogP contribution is 2.40. The van der Waals surface area contributed by atoms with E-state index in [0.29, 0.717) is 29.6 Å². The number of rotatable bonds is 6. The molecule has 1 aliphatic heterocycles. The Balaban J connectivity index is 1.33. The van der Waals surface area contributed by atoms with E-state index in [4.69, 9.17) is 9.26 Å². The standard InChI is InChI=1S/C21H21F6N7O2/c1-11-28-18(36-32-11)33-8-12-2-3-13(9-33)16(12)29-17-30-19(34(31-17)10-20(22,23)24)35-15-6-4-14(5-7-15)21(25,26)27/h4-7,12-13,16H,2-3,8-10H2,1H3,(H,29,31)/t12-,13+,16-. The number of fused-ring (bicyclic) bond motifs is 2. The van der Waals surface area contributed by atoms with Crippen LogP contribution in [0.2, 0.25) is 0 Å². The van der Waals surface area contributed by atoms with Gasteiger partial charge in [-0.2, -0.15) is 36.3 Å². The molecule has 2 bridgehead atoms. The molecule has 3 aromatic rings. The van der Waals surface area contributed by atoms with Crippen molar-refractivity contribution in [3.05, 3.63) is 35.7 Å². The summed E-state index contributed by atoms with van der Waals surface area (Å²) >= 11 is 0. The van der Waals surface area contributed by atoms with Crippen molar-refractivity contribution in [3.63, 3.8) is 0 Å². The summed E-state index contributed by atoms with van der Waals surface area (Å²) in [5.41, 5.74) is -0.911. The fraction of sp³-hybridized carbons (Fsp3) is 0.524. The van der Waals surface area contributed by atoms with Gasteiger partial charge in [-0.15, -0.1) is 5.10 Å². The SMILES string of the molecule is Cc1noc(N2C[C@H]3CC[C@@H](C2)[C@@H]3Nc2nc(Oc3ccc(C(F)(F)F)cc3)n(CC(F)(F)F)n2)n1. The number of anilines is 2. The van der Waals surface area contributed by atoms with Gasteiger partial charge in [0, 0.05) is 19.1 Å². The first kappa shape index (κ1) is 24.2. The number of hydrogen-bond acceptors (Lipinski definition) is 8. The first-order valence-corrected chi connectivity index (χ1v) is 11.1. The number of nitrogens with one attached hydrogen (secondary N) is 1. The summed E-state index contributed by atoms with van der Waals surface area (Å²) in [6.45, 7) is 1.49. The zero-order chi connectivity index (χ0) is 25.7. The van der Waals surface area contributed by atoms with Crippen molar-refractivity contribution >= 4 is 12.0 Å². The van der Waals surface area contributed by atoms with Crippen LogP contribution in [0, 0.1) is 18.8 Å². The Labute approximate surface area is 200 Å². The summed E-state index contributed by atoms with van der Waals surface area (Å²) in [7, 11) is 0. The lowest BCUT2D eigenvalue weighted by Gasteiger charge is -2.37. The second-order valence-corrected chi connectivity index (χ2v) is 8.91. The third-order valence-corrected chi connectivity index (χ3v) is 6.27. The van der Waals surface area contributed by atoms with E-state index in [0.717, 1.165) is 37.1 Å². The molecule has 1 aliphatic carbocycles. The second kappa shape index (κ2) is 8.85. The van der Waals surface area contributed by atoms with Gasteiger partial charge >= 0.3 is 24.4 Å². The molecule has 1 aromatic carbocycles. The Morgan fingerprint density at radius 3 is 2.25 bits per heavy atom. The van der Waals surface area contributed by atoms with E-state index < -0.39 is 30.5 Å². The molecule has 3 heterocycles. The maximum atomic E-state index is 13.1. The molecular formula is C21H21F6N7O2. The number of aryl methyl sites for hydroxylation is 1. The third kappa shape index (κ3) is 5.18. The van der Waals surface area contributed by atoms with Gasteiger partial charge in [-0.3, -0.25) is 0 Å². The molecule has 194 valence electrons. The predicted octanol–water partition coefficient (Wildman–Crippen LogP) is 4.67. The Bertz CT molecular complexity index is 1190. The number of nitrogens with zero attached hydrogens (tertiary/aromatic N) is 6. The van der Waals surface area contributed by atoms with Gasteiger partial charge in [0.05, 0.1) is 5.56 Å². The fourth-order valence-electron chi connectivity index (χ4n) is 4.73. The normalized spacial score (nSPS) is 22.2. The number of hydrogen-bond donors (Lipinski definition) is 1. The maximum Gasteiger partial charge on any atom is 0.416 e. The van der Waals surface area contributed by atoms with Gasteiger partial charge in [0.15, 0.2) is 5.82 Å². The van der Waals surface area contributed by atoms with E-state index in [1.807, 2.05) is 4.90 Å². The monoisotopic (exact) mass is 517 g/mol. The molecule has 1 saturated heterocycles. The van der Waals surface area contributed by atoms with Crippen LogP contribution in [0.3, 0.4) is 0 Å². The summed E-state index contributed by atoms with van der Waals surface area (Å²) in [5.74, 6) is 0.658. The minimum atomic E-state index is -4.62. The van der Waals surface area contributed by atoms with Crippen LogP contribution in [-0.2, 0) is 12.7 Å². The number of benzene rings is 1. The van der Waals surface area contributed by atoms with E-state index in [9.17, 15) is 26.3 Å². The quantitative estimate of drug-likeness (QED) is 0.472. The lowest BCUT2D eigenvalue weighted by molar-refractivity contribution is -0.143. The Kier molecular flexibility index (Phi) is 5.95. The molecule has 2 fully saturated rings. The van der Waals surface area contributed by atoms with Crippen molar-refractivity contribution in [2.45, 2.75) is 44.7 Å². The van der Waals surface area contributed by atoms with Crippen LogP contribution in [0.4, 0.5) is 38.3 Å². The molecule has 15 heteroatoms. The van der Waals surface area contributed by atoms with Crippen LogP contribution in [0.25, 0.3) is 0 Å². The van der Waals surface area contributed by atoms with E-state index in [1.165, 1.54) is 0 Å².